The third-order valence-electron chi connectivity index (χ3n) is 11.0. The van der Waals surface area contributed by atoms with Gasteiger partial charge in [0.2, 0.25) is 5.88 Å². The molecule has 0 radical (unpaired) electrons. The number of aromatic nitrogens is 3. The number of hydrogen-bond donors (Lipinski definition) is 2. The van der Waals surface area contributed by atoms with Crippen molar-refractivity contribution in [3.63, 3.8) is 0 Å². The quantitative estimate of drug-likeness (QED) is 0.316. The average Bonchev–Trinajstić information content (AvgIpc) is 3.76. The van der Waals surface area contributed by atoms with E-state index in [4.69, 9.17) is 34.9 Å². The Hall–Kier alpha value is -3.54. The number of fused-ring (bicyclic) bond motifs is 4. The van der Waals surface area contributed by atoms with Gasteiger partial charge in [0.25, 0.3) is 0 Å². The molecule has 3 fully saturated rings. The van der Waals surface area contributed by atoms with E-state index in [2.05, 4.69) is 40.1 Å². The summed E-state index contributed by atoms with van der Waals surface area (Å²) in [4.78, 5) is 19.3. The van der Waals surface area contributed by atoms with Gasteiger partial charge in [-0.15, -0.1) is 0 Å². The van der Waals surface area contributed by atoms with Gasteiger partial charge in [-0.1, -0.05) is 11.2 Å². The van der Waals surface area contributed by atoms with Crippen LogP contribution in [0.3, 0.4) is 0 Å². The summed E-state index contributed by atoms with van der Waals surface area (Å²) in [6.07, 6.45) is 9.02. The van der Waals surface area contributed by atoms with Crippen LogP contribution < -0.4 is 20.7 Å². The van der Waals surface area contributed by atoms with E-state index in [1.165, 1.54) is 17.5 Å². The van der Waals surface area contributed by atoms with E-state index in [-0.39, 0.29) is 17.1 Å². The maximum atomic E-state index is 6.62. The van der Waals surface area contributed by atoms with Crippen LogP contribution in [-0.2, 0) is 23.0 Å². The number of nitrogens with one attached hydrogen (secondary N) is 1. The molecule has 0 unspecified atom stereocenters. The molecule has 3 N–H and O–H groups in total. The Bertz CT molecular complexity index is 1630. The number of benzene rings is 1. The smallest absolute Gasteiger partial charge is 0.219 e. The maximum absolute atomic E-state index is 6.62. The number of aliphatic imine (C=N–C) groups is 1. The van der Waals surface area contributed by atoms with E-state index >= 15 is 0 Å². The molecule has 5 heterocycles. The Kier molecular flexibility index (Phi) is 7.11. The molecule has 3 saturated heterocycles. The highest BCUT2D eigenvalue weighted by molar-refractivity contribution is 5.91. The molecule has 0 amide bonds. The van der Waals surface area contributed by atoms with Gasteiger partial charge in [0.05, 0.1) is 24.2 Å². The standard InChI is InChI=1S/C34H44N8O3/c1-21(26-7-5-14-41(26)3)44-28-16-27(42-15-13-37-33(18-42)19-43-20-33)38-32(39-28)30-23-6-4-11-34(31(23)45-40-30)12-10-22-8-9-25(35)24(17-36-2)29(22)34/h8-9,16-17,21,26,37H,4-7,10-15,18-20,35H2,1-3H3/t21-,26-,34-/m0/s1. The van der Waals surface area contributed by atoms with Gasteiger partial charge in [0.15, 0.2) is 17.3 Å². The molecule has 3 aliphatic heterocycles. The van der Waals surface area contributed by atoms with Crippen molar-refractivity contribution in [2.45, 2.75) is 75.0 Å². The van der Waals surface area contributed by atoms with E-state index in [0.29, 0.717) is 31.0 Å². The number of piperazine rings is 1. The van der Waals surface area contributed by atoms with E-state index in [9.17, 15) is 0 Å². The van der Waals surface area contributed by atoms with Crippen molar-refractivity contribution < 1.29 is 14.0 Å². The van der Waals surface area contributed by atoms with Crippen molar-refractivity contribution in [1.82, 2.24) is 25.3 Å². The zero-order valence-electron chi connectivity index (χ0n) is 26.6. The molecule has 2 spiro atoms. The first kappa shape index (κ1) is 28.9. The minimum Gasteiger partial charge on any atom is -0.473 e. The van der Waals surface area contributed by atoms with Crippen LogP contribution in [0.15, 0.2) is 27.7 Å². The first-order chi connectivity index (χ1) is 21.9. The molecular formula is C34H44N8O3. The third-order valence-corrected chi connectivity index (χ3v) is 11.0. The molecule has 11 heteroatoms. The number of nitrogens with two attached hydrogens (primary N) is 1. The molecule has 11 nitrogen and oxygen atoms in total. The average molecular weight is 613 g/mol. The SMILES string of the molecule is CN=Cc1c(N)ccc2c1[C@]1(CCCc3c(-c4nc(O[C@@H](C)[C@@H]5CCCN5C)cc(N5CCNC6(COC6)C5)n4)noc31)CC2. The first-order valence-electron chi connectivity index (χ1n) is 16.6. The molecule has 3 atom stereocenters. The van der Waals surface area contributed by atoms with Crippen LogP contribution >= 0.6 is 0 Å². The molecule has 45 heavy (non-hydrogen) atoms. The van der Waals surface area contributed by atoms with Gasteiger partial charge in [0.1, 0.15) is 11.9 Å². The van der Waals surface area contributed by atoms with E-state index in [1.54, 1.807) is 7.05 Å². The summed E-state index contributed by atoms with van der Waals surface area (Å²) < 4.78 is 18.6. The van der Waals surface area contributed by atoms with Crippen molar-refractivity contribution in [3.8, 4) is 17.4 Å². The Morgan fingerprint density at radius 1 is 1.18 bits per heavy atom. The summed E-state index contributed by atoms with van der Waals surface area (Å²) in [5.74, 6) is 2.94. The predicted molar refractivity (Wildman–Crippen MR) is 173 cm³/mol. The number of rotatable bonds is 6. The predicted octanol–water partition coefficient (Wildman–Crippen LogP) is 3.37. The Morgan fingerprint density at radius 2 is 2.07 bits per heavy atom. The van der Waals surface area contributed by atoms with Crippen LogP contribution in [0.1, 0.15) is 67.0 Å². The highest BCUT2D eigenvalue weighted by atomic mass is 16.5. The van der Waals surface area contributed by atoms with Gasteiger partial charge in [-0.05, 0) is 82.7 Å². The van der Waals surface area contributed by atoms with Crippen LogP contribution in [-0.4, -0.2) is 97.4 Å². The number of likely N-dealkylation sites (N-methyl/N-ethyl adjacent to an activating group) is 1. The highest BCUT2D eigenvalue weighted by Gasteiger charge is 2.49. The molecule has 8 rings (SSSR count). The lowest BCUT2D eigenvalue weighted by Crippen LogP contribution is -2.70. The molecular weight excluding hydrogens is 568 g/mol. The van der Waals surface area contributed by atoms with Gasteiger partial charge in [0, 0.05) is 61.8 Å². The van der Waals surface area contributed by atoms with E-state index < -0.39 is 0 Å². The van der Waals surface area contributed by atoms with Crippen LogP contribution in [0.25, 0.3) is 11.5 Å². The van der Waals surface area contributed by atoms with Gasteiger partial charge < -0.3 is 29.9 Å². The zero-order chi connectivity index (χ0) is 30.8. The van der Waals surface area contributed by atoms with Crippen molar-refractivity contribution in [2.75, 3.05) is 64.1 Å². The number of nitrogen functional groups attached to an aromatic ring is 1. The number of aryl methyl sites for hydroxylation is 1. The number of likely N-dealkylation sites (tertiary alicyclic amines) is 1. The van der Waals surface area contributed by atoms with Crippen LogP contribution in [0.2, 0.25) is 0 Å². The Balaban J connectivity index is 1.20. The molecule has 2 aromatic heterocycles. The van der Waals surface area contributed by atoms with Crippen molar-refractivity contribution in [1.29, 1.82) is 0 Å². The topological polar surface area (TPSA) is 127 Å². The zero-order valence-corrected chi connectivity index (χ0v) is 26.6. The van der Waals surface area contributed by atoms with Crippen LogP contribution in [0.5, 0.6) is 5.88 Å². The van der Waals surface area contributed by atoms with Crippen molar-refractivity contribution in [3.05, 3.63) is 46.2 Å². The minimum atomic E-state index is -0.284. The fraction of sp³-hybridized carbons (Fsp3) is 0.588. The largest absolute Gasteiger partial charge is 0.473 e. The maximum Gasteiger partial charge on any atom is 0.219 e. The molecule has 0 saturated carbocycles. The van der Waals surface area contributed by atoms with Crippen molar-refractivity contribution in [2.24, 2.45) is 4.99 Å². The van der Waals surface area contributed by atoms with E-state index in [0.717, 1.165) is 98.8 Å². The summed E-state index contributed by atoms with van der Waals surface area (Å²) in [7, 11) is 3.98. The lowest BCUT2D eigenvalue weighted by atomic mass is 9.68. The highest BCUT2D eigenvalue weighted by Crippen LogP contribution is 2.54. The molecule has 1 aromatic carbocycles. The second-order valence-corrected chi connectivity index (χ2v) is 13.8. The molecule has 238 valence electrons. The second kappa shape index (κ2) is 11.1. The number of anilines is 2. The molecule has 0 bridgehead atoms. The van der Waals surface area contributed by atoms with Crippen LogP contribution in [0, 0.1) is 0 Å². The summed E-state index contributed by atoms with van der Waals surface area (Å²) >= 11 is 0. The lowest BCUT2D eigenvalue weighted by molar-refractivity contribution is -0.0743. The Labute approximate surface area is 264 Å². The number of hydrogen-bond acceptors (Lipinski definition) is 11. The summed E-state index contributed by atoms with van der Waals surface area (Å²) in [6, 6.07) is 6.54. The van der Waals surface area contributed by atoms with Gasteiger partial charge in [-0.2, -0.15) is 4.98 Å². The fourth-order valence-electron chi connectivity index (χ4n) is 8.68. The van der Waals surface area contributed by atoms with Gasteiger partial charge in [-0.3, -0.25) is 9.89 Å². The Morgan fingerprint density at radius 3 is 2.84 bits per heavy atom. The van der Waals surface area contributed by atoms with Gasteiger partial charge in [-0.25, -0.2) is 4.98 Å². The number of nitrogens with zero attached hydrogens (tertiary/aromatic N) is 6. The minimum absolute atomic E-state index is 0.00362. The third kappa shape index (κ3) is 4.73. The monoisotopic (exact) mass is 612 g/mol. The normalized spacial score (nSPS) is 26.4. The second-order valence-electron chi connectivity index (χ2n) is 13.8. The molecule has 2 aliphatic carbocycles. The molecule has 5 aliphatic rings. The fourth-order valence-corrected chi connectivity index (χ4v) is 8.68. The van der Waals surface area contributed by atoms with Crippen LogP contribution in [0.4, 0.5) is 11.5 Å². The summed E-state index contributed by atoms with van der Waals surface area (Å²) in [6.45, 7) is 7.22. The summed E-state index contributed by atoms with van der Waals surface area (Å²) in [5, 5.41) is 8.40. The van der Waals surface area contributed by atoms with E-state index in [1.807, 2.05) is 18.3 Å². The summed E-state index contributed by atoms with van der Waals surface area (Å²) in [5.41, 5.74) is 12.4. The molecule has 3 aromatic rings. The lowest BCUT2D eigenvalue weighted by Gasteiger charge is -2.49. The van der Waals surface area contributed by atoms with Gasteiger partial charge >= 0.3 is 0 Å². The number of ether oxygens (including phenoxy) is 2. The first-order valence-corrected chi connectivity index (χ1v) is 16.6. The van der Waals surface area contributed by atoms with Crippen molar-refractivity contribution >= 4 is 17.7 Å².